The first-order valence-electron chi connectivity index (χ1n) is 3.40. The molecule has 13 heavy (non-hydrogen) atoms. The Morgan fingerprint density at radius 2 is 1.69 bits per heavy atom. The van der Waals surface area contributed by atoms with E-state index in [1.54, 1.807) is 30.1 Å². The first kappa shape index (κ1) is 11.1. The summed E-state index contributed by atoms with van der Waals surface area (Å²) in [4.78, 5) is 1.62. The van der Waals surface area contributed by atoms with Gasteiger partial charge in [-0.1, -0.05) is 34.8 Å². The molecule has 1 nitrogen and oxygen atoms in total. The Morgan fingerprint density at radius 1 is 1.23 bits per heavy atom. The zero-order chi connectivity index (χ0) is 10.0. The van der Waals surface area contributed by atoms with Crippen molar-refractivity contribution in [3.8, 4) is 0 Å². The Balaban J connectivity index is 3.07. The molecular formula is C8H6Cl3NS. The van der Waals surface area contributed by atoms with Gasteiger partial charge in [-0.25, -0.2) is 0 Å². The van der Waals surface area contributed by atoms with Gasteiger partial charge in [0, 0.05) is 22.8 Å². The summed E-state index contributed by atoms with van der Waals surface area (Å²) in [6.07, 6.45) is 0. The highest BCUT2D eigenvalue weighted by atomic mass is 35.5. The fourth-order valence-electron chi connectivity index (χ4n) is 0.834. The molecule has 1 rings (SSSR count). The molecule has 1 aromatic carbocycles. The van der Waals surface area contributed by atoms with Crippen LogP contribution in [0.2, 0.25) is 10.0 Å². The number of nitrogens with zero attached hydrogens (tertiary/aromatic N) is 1. The molecule has 0 bridgehead atoms. The Labute approximate surface area is 97.2 Å². The van der Waals surface area contributed by atoms with E-state index in [2.05, 4.69) is 0 Å². The van der Waals surface area contributed by atoms with E-state index in [9.17, 15) is 0 Å². The number of rotatable bonds is 1. The van der Waals surface area contributed by atoms with Gasteiger partial charge in [0.25, 0.3) is 0 Å². The molecule has 0 amide bonds. The SMILES string of the molecule is CN(C(=S)Cl)c1cc(Cl)cc(Cl)c1. The number of anilines is 1. The van der Waals surface area contributed by atoms with E-state index >= 15 is 0 Å². The summed E-state index contributed by atoms with van der Waals surface area (Å²) < 4.78 is 0.248. The van der Waals surface area contributed by atoms with Crippen molar-refractivity contribution >= 4 is 57.2 Å². The molecule has 0 aromatic heterocycles. The highest BCUT2D eigenvalue weighted by molar-refractivity contribution is 7.83. The second-order valence-corrected chi connectivity index (χ2v) is 4.28. The maximum absolute atomic E-state index is 5.80. The average Bonchev–Trinajstić information content (AvgIpc) is 2.01. The van der Waals surface area contributed by atoms with Gasteiger partial charge >= 0.3 is 0 Å². The lowest BCUT2D eigenvalue weighted by molar-refractivity contribution is 1.31. The molecule has 0 saturated heterocycles. The molecule has 0 atom stereocenters. The molecule has 70 valence electrons. The summed E-state index contributed by atoms with van der Waals surface area (Å²) in [7, 11) is 1.75. The van der Waals surface area contributed by atoms with Gasteiger partial charge in [0.15, 0.2) is 4.45 Å². The molecule has 0 radical (unpaired) electrons. The lowest BCUT2D eigenvalue weighted by Crippen LogP contribution is -2.19. The lowest BCUT2D eigenvalue weighted by atomic mass is 10.3. The predicted octanol–water partition coefficient (Wildman–Crippen LogP) is 3.95. The molecule has 0 aliphatic carbocycles. The largest absolute Gasteiger partial charge is 0.326 e. The summed E-state index contributed by atoms with van der Waals surface area (Å²) in [6, 6.07) is 5.13. The van der Waals surface area contributed by atoms with Gasteiger partial charge in [0.1, 0.15) is 0 Å². The molecule has 1 aromatic rings. The predicted molar refractivity (Wildman–Crippen MR) is 63.3 cm³/mol. The van der Waals surface area contributed by atoms with E-state index in [0.29, 0.717) is 10.0 Å². The molecule has 0 aliphatic heterocycles. The van der Waals surface area contributed by atoms with Crippen LogP contribution in [-0.4, -0.2) is 11.5 Å². The van der Waals surface area contributed by atoms with E-state index in [1.807, 2.05) is 0 Å². The van der Waals surface area contributed by atoms with Crippen molar-refractivity contribution in [3.05, 3.63) is 28.2 Å². The summed E-state index contributed by atoms with van der Waals surface area (Å²) >= 11 is 22.0. The molecule has 0 spiro atoms. The van der Waals surface area contributed by atoms with Crippen molar-refractivity contribution < 1.29 is 0 Å². The van der Waals surface area contributed by atoms with Crippen molar-refractivity contribution in [1.29, 1.82) is 0 Å². The molecule has 0 fully saturated rings. The van der Waals surface area contributed by atoms with Crippen LogP contribution in [0, 0.1) is 0 Å². The number of halogens is 3. The van der Waals surface area contributed by atoms with E-state index < -0.39 is 0 Å². The van der Waals surface area contributed by atoms with Crippen LogP contribution in [0.3, 0.4) is 0 Å². The first-order chi connectivity index (χ1) is 6.00. The Hall–Kier alpha value is -0.0200. The number of hydrogen-bond donors (Lipinski definition) is 0. The van der Waals surface area contributed by atoms with Crippen LogP contribution < -0.4 is 4.90 Å². The third-order valence-electron chi connectivity index (χ3n) is 1.50. The lowest BCUT2D eigenvalue weighted by Gasteiger charge is -2.16. The summed E-state index contributed by atoms with van der Waals surface area (Å²) in [5.74, 6) is 0. The van der Waals surface area contributed by atoms with Gasteiger partial charge in [-0.3, -0.25) is 0 Å². The molecular weight excluding hydrogens is 249 g/mol. The summed E-state index contributed by atoms with van der Waals surface area (Å²) in [5, 5.41) is 1.12. The van der Waals surface area contributed by atoms with Crippen LogP contribution in [0.15, 0.2) is 18.2 Å². The molecule has 0 N–H and O–H groups in total. The number of benzene rings is 1. The fourth-order valence-corrected chi connectivity index (χ4v) is 1.55. The highest BCUT2D eigenvalue weighted by Gasteiger charge is 2.05. The van der Waals surface area contributed by atoms with E-state index in [4.69, 9.17) is 47.0 Å². The normalized spacial score (nSPS) is 9.85. The van der Waals surface area contributed by atoms with Crippen LogP contribution in [0.1, 0.15) is 0 Å². The molecule has 0 saturated carbocycles. The van der Waals surface area contributed by atoms with Crippen LogP contribution in [0.25, 0.3) is 0 Å². The Morgan fingerprint density at radius 3 is 2.08 bits per heavy atom. The van der Waals surface area contributed by atoms with Gasteiger partial charge in [0.05, 0.1) is 0 Å². The van der Waals surface area contributed by atoms with Gasteiger partial charge in [-0.2, -0.15) is 0 Å². The maximum atomic E-state index is 5.80. The van der Waals surface area contributed by atoms with Crippen LogP contribution in [0.4, 0.5) is 5.69 Å². The minimum atomic E-state index is 0.248. The van der Waals surface area contributed by atoms with Crippen molar-refractivity contribution in [3.63, 3.8) is 0 Å². The van der Waals surface area contributed by atoms with Crippen LogP contribution in [-0.2, 0) is 0 Å². The zero-order valence-electron chi connectivity index (χ0n) is 6.72. The molecule has 0 heterocycles. The van der Waals surface area contributed by atoms with E-state index in [-0.39, 0.29) is 4.45 Å². The average molecular weight is 255 g/mol. The smallest absolute Gasteiger partial charge is 0.174 e. The minimum Gasteiger partial charge on any atom is -0.326 e. The third-order valence-corrected chi connectivity index (χ3v) is 2.46. The van der Waals surface area contributed by atoms with Crippen LogP contribution >= 0.6 is 47.0 Å². The third kappa shape index (κ3) is 2.99. The van der Waals surface area contributed by atoms with Crippen molar-refractivity contribution in [2.75, 3.05) is 11.9 Å². The van der Waals surface area contributed by atoms with Crippen molar-refractivity contribution in [2.24, 2.45) is 0 Å². The topological polar surface area (TPSA) is 3.24 Å². The van der Waals surface area contributed by atoms with Gasteiger partial charge < -0.3 is 4.90 Å². The van der Waals surface area contributed by atoms with Crippen LogP contribution in [0.5, 0.6) is 0 Å². The number of hydrogen-bond acceptors (Lipinski definition) is 1. The number of thiocarbonyl (C=S) groups is 1. The van der Waals surface area contributed by atoms with Crippen molar-refractivity contribution in [1.82, 2.24) is 0 Å². The van der Waals surface area contributed by atoms with Gasteiger partial charge in [-0.15, -0.1) is 0 Å². The maximum Gasteiger partial charge on any atom is 0.174 e. The second kappa shape index (κ2) is 4.47. The Kier molecular flexibility index (Phi) is 3.80. The quantitative estimate of drug-likeness (QED) is 0.424. The summed E-state index contributed by atoms with van der Waals surface area (Å²) in [5.41, 5.74) is 0.775. The fraction of sp³-hybridized carbons (Fsp3) is 0.125. The van der Waals surface area contributed by atoms with Crippen molar-refractivity contribution in [2.45, 2.75) is 0 Å². The monoisotopic (exact) mass is 253 g/mol. The second-order valence-electron chi connectivity index (χ2n) is 2.44. The first-order valence-corrected chi connectivity index (χ1v) is 4.94. The molecule has 0 unspecified atom stereocenters. The highest BCUT2D eigenvalue weighted by Crippen LogP contribution is 2.25. The summed E-state index contributed by atoms with van der Waals surface area (Å²) in [6.45, 7) is 0. The Bertz CT molecular complexity index is 320. The van der Waals surface area contributed by atoms with Gasteiger partial charge in [-0.05, 0) is 30.4 Å². The minimum absolute atomic E-state index is 0.248. The van der Waals surface area contributed by atoms with E-state index in [1.165, 1.54) is 0 Å². The molecule has 0 aliphatic rings. The van der Waals surface area contributed by atoms with Gasteiger partial charge in [0.2, 0.25) is 0 Å². The zero-order valence-corrected chi connectivity index (χ0v) is 9.81. The molecule has 5 heteroatoms. The van der Waals surface area contributed by atoms with E-state index in [0.717, 1.165) is 5.69 Å². The standard InChI is InChI=1S/C8H6Cl3NS/c1-12(8(11)13)7-3-5(9)2-6(10)4-7/h2-4H,1H3.